The molecule has 2 heterocycles. The highest BCUT2D eigenvalue weighted by Crippen LogP contribution is 2.29. The number of piperidine rings is 1. The Morgan fingerprint density at radius 2 is 2.11 bits per heavy atom. The molecule has 1 fully saturated rings. The van der Waals surface area contributed by atoms with Gasteiger partial charge in [0.1, 0.15) is 0 Å². The number of aromatic amines is 1. The fourth-order valence-electron chi connectivity index (χ4n) is 3.06. The van der Waals surface area contributed by atoms with Gasteiger partial charge >= 0.3 is 6.18 Å². The molecular weight excluding hydrogens is 406 g/mol. The van der Waals surface area contributed by atoms with Crippen LogP contribution in [0.25, 0.3) is 11.0 Å². The van der Waals surface area contributed by atoms with E-state index in [0.717, 1.165) is 25.9 Å². The molecule has 0 bridgehead atoms. The Balaban J connectivity index is 0.00000182. The lowest BCUT2D eigenvalue weighted by Gasteiger charge is -2.31. The number of H-pyrrole nitrogens is 1. The van der Waals surface area contributed by atoms with Crippen LogP contribution in [-0.4, -0.2) is 53.5 Å². The summed E-state index contributed by atoms with van der Waals surface area (Å²) in [5.74, 6) is -1.23. The van der Waals surface area contributed by atoms with Gasteiger partial charge in [0.25, 0.3) is 0 Å². The van der Waals surface area contributed by atoms with Crippen molar-refractivity contribution in [1.29, 1.82) is 0 Å². The molecule has 1 saturated heterocycles. The molecule has 152 valence electrons. The summed E-state index contributed by atoms with van der Waals surface area (Å²) in [4.78, 5) is 20.0. The van der Waals surface area contributed by atoms with E-state index in [2.05, 4.69) is 25.5 Å². The van der Waals surface area contributed by atoms with Gasteiger partial charge in [0.15, 0.2) is 0 Å². The number of imidazole rings is 1. The number of aromatic nitrogens is 2. The standard InChI is InChI=1S/C16H20F3N5O.2ClH/c1-20-11-3-2-6-24(8-11)9-14(25)21-10-4-5-12-13(7-10)23-15(22-12)16(17,18)19;;/h4-5,7,11,20H,2-3,6,8-9H2,1H3,(H,21,25)(H,22,23);2*1H. The molecule has 6 nitrogen and oxygen atoms in total. The number of alkyl halides is 3. The maximum Gasteiger partial charge on any atom is 0.449 e. The lowest BCUT2D eigenvalue weighted by Crippen LogP contribution is -2.46. The molecule has 1 aromatic carbocycles. The third-order valence-corrected chi connectivity index (χ3v) is 4.32. The van der Waals surface area contributed by atoms with Crippen LogP contribution in [-0.2, 0) is 11.0 Å². The Morgan fingerprint density at radius 1 is 1.37 bits per heavy atom. The van der Waals surface area contributed by atoms with Crippen LogP contribution in [0, 0.1) is 0 Å². The van der Waals surface area contributed by atoms with Crippen molar-refractivity contribution in [1.82, 2.24) is 20.2 Å². The molecule has 27 heavy (non-hydrogen) atoms. The van der Waals surface area contributed by atoms with Crippen LogP contribution < -0.4 is 10.6 Å². The van der Waals surface area contributed by atoms with Gasteiger partial charge in [-0.3, -0.25) is 9.69 Å². The van der Waals surface area contributed by atoms with E-state index in [1.807, 2.05) is 7.05 Å². The monoisotopic (exact) mass is 427 g/mol. The third kappa shape index (κ3) is 5.97. The zero-order valence-electron chi connectivity index (χ0n) is 14.6. The van der Waals surface area contributed by atoms with Crippen LogP contribution in [0.3, 0.4) is 0 Å². The van der Waals surface area contributed by atoms with Crippen LogP contribution in [0.5, 0.6) is 0 Å². The van der Waals surface area contributed by atoms with E-state index in [-0.39, 0.29) is 48.3 Å². The van der Waals surface area contributed by atoms with Gasteiger partial charge in [-0.25, -0.2) is 4.98 Å². The number of benzene rings is 1. The van der Waals surface area contributed by atoms with E-state index < -0.39 is 12.0 Å². The predicted molar refractivity (Wildman–Crippen MR) is 103 cm³/mol. The number of rotatable bonds is 4. The van der Waals surface area contributed by atoms with Gasteiger partial charge in [0, 0.05) is 18.3 Å². The first-order valence-electron chi connectivity index (χ1n) is 8.11. The molecule has 2 aromatic rings. The van der Waals surface area contributed by atoms with Gasteiger partial charge in [0.2, 0.25) is 11.7 Å². The predicted octanol–water partition coefficient (Wildman–Crippen LogP) is 3.05. The molecule has 1 aromatic heterocycles. The number of anilines is 1. The highest BCUT2D eigenvalue weighted by Gasteiger charge is 2.34. The Morgan fingerprint density at radius 3 is 2.78 bits per heavy atom. The molecule has 0 saturated carbocycles. The minimum absolute atomic E-state index is 0. The summed E-state index contributed by atoms with van der Waals surface area (Å²) in [6, 6.07) is 4.84. The van der Waals surface area contributed by atoms with Crippen LogP contribution in [0.15, 0.2) is 18.2 Å². The number of nitrogens with one attached hydrogen (secondary N) is 3. The molecule has 3 N–H and O–H groups in total. The molecule has 0 spiro atoms. The molecule has 0 aliphatic carbocycles. The fraction of sp³-hybridized carbons (Fsp3) is 0.500. The second-order valence-corrected chi connectivity index (χ2v) is 6.23. The molecule has 1 amide bonds. The second-order valence-electron chi connectivity index (χ2n) is 6.23. The number of halogens is 5. The number of amides is 1. The number of likely N-dealkylation sites (tertiary alicyclic amines) is 1. The summed E-state index contributed by atoms with van der Waals surface area (Å²) in [5.41, 5.74) is 0.883. The van der Waals surface area contributed by atoms with Crippen LogP contribution in [0.2, 0.25) is 0 Å². The highest BCUT2D eigenvalue weighted by molar-refractivity contribution is 5.94. The van der Waals surface area contributed by atoms with Crippen molar-refractivity contribution in [3.8, 4) is 0 Å². The van der Waals surface area contributed by atoms with Crippen molar-refractivity contribution in [2.24, 2.45) is 0 Å². The maximum atomic E-state index is 12.7. The Hall–Kier alpha value is -1.55. The SMILES string of the molecule is CNC1CCCN(CC(=O)Nc2ccc3nc(C(F)(F)F)[nH]c3c2)C1.Cl.Cl. The average molecular weight is 428 g/mol. The summed E-state index contributed by atoms with van der Waals surface area (Å²) in [5, 5.41) is 5.95. The highest BCUT2D eigenvalue weighted by atomic mass is 35.5. The maximum absolute atomic E-state index is 12.7. The average Bonchev–Trinajstić information content (AvgIpc) is 2.98. The van der Waals surface area contributed by atoms with E-state index in [0.29, 0.717) is 11.7 Å². The molecule has 0 radical (unpaired) electrons. The van der Waals surface area contributed by atoms with Crippen LogP contribution in [0.1, 0.15) is 18.7 Å². The number of nitrogens with zero attached hydrogens (tertiary/aromatic N) is 2. The topological polar surface area (TPSA) is 73.1 Å². The molecule has 11 heteroatoms. The molecule has 1 aliphatic rings. The van der Waals surface area contributed by atoms with Crippen LogP contribution >= 0.6 is 24.8 Å². The van der Waals surface area contributed by atoms with Crippen molar-refractivity contribution >= 4 is 47.4 Å². The Bertz CT molecular complexity index is 768. The first-order chi connectivity index (χ1) is 11.8. The summed E-state index contributed by atoms with van der Waals surface area (Å²) in [7, 11) is 1.91. The zero-order valence-corrected chi connectivity index (χ0v) is 16.2. The number of hydrogen-bond donors (Lipinski definition) is 3. The normalized spacial score (nSPS) is 17.9. The van der Waals surface area contributed by atoms with Crippen molar-refractivity contribution in [2.75, 3.05) is 32.0 Å². The van der Waals surface area contributed by atoms with Gasteiger partial charge in [0.05, 0.1) is 17.6 Å². The lowest BCUT2D eigenvalue weighted by atomic mass is 10.1. The molecule has 1 atom stereocenters. The van der Waals surface area contributed by atoms with Gasteiger partial charge in [-0.05, 0) is 44.6 Å². The van der Waals surface area contributed by atoms with Gasteiger partial charge in [-0.15, -0.1) is 24.8 Å². The summed E-state index contributed by atoms with van der Waals surface area (Å²) >= 11 is 0. The zero-order chi connectivity index (χ0) is 18.0. The molecule has 1 unspecified atom stereocenters. The fourth-order valence-corrected chi connectivity index (χ4v) is 3.06. The number of fused-ring (bicyclic) bond motifs is 1. The lowest BCUT2D eigenvalue weighted by molar-refractivity contribution is -0.144. The third-order valence-electron chi connectivity index (χ3n) is 4.32. The Kier molecular flexibility index (Phi) is 8.34. The minimum atomic E-state index is -4.53. The van der Waals surface area contributed by atoms with Gasteiger partial charge < -0.3 is 15.6 Å². The largest absolute Gasteiger partial charge is 0.449 e. The second kappa shape index (κ2) is 9.59. The smallest absolute Gasteiger partial charge is 0.334 e. The van der Waals surface area contributed by atoms with E-state index >= 15 is 0 Å². The minimum Gasteiger partial charge on any atom is -0.334 e. The number of carbonyl (C=O) groups is 1. The first kappa shape index (κ1) is 23.5. The van der Waals surface area contributed by atoms with E-state index in [1.165, 1.54) is 12.1 Å². The quantitative estimate of drug-likeness (QED) is 0.700. The molecule has 3 rings (SSSR count). The number of likely N-dealkylation sites (N-methyl/N-ethyl adjacent to an activating group) is 1. The summed E-state index contributed by atoms with van der Waals surface area (Å²) in [6.45, 7) is 1.92. The molecular formula is C16H22Cl2F3N5O. The summed E-state index contributed by atoms with van der Waals surface area (Å²) in [6.07, 6.45) is -2.41. The van der Waals surface area contributed by atoms with Crippen molar-refractivity contribution in [3.05, 3.63) is 24.0 Å². The summed E-state index contributed by atoms with van der Waals surface area (Å²) < 4.78 is 38.1. The van der Waals surface area contributed by atoms with E-state index in [9.17, 15) is 18.0 Å². The molecule has 1 aliphatic heterocycles. The number of hydrogen-bond acceptors (Lipinski definition) is 4. The number of carbonyl (C=O) groups excluding carboxylic acids is 1. The van der Waals surface area contributed by atoms with E-state index in [4.69, 9.17) is 0 Å². The Labute approximate surface area is 167 Å². The van der Waals surface area contributed by atoms with Gasteiger partial charge in [-0.1, -0.05) is 0 Å². The van der Waals surface area contributed by atoms with Crippen LogP contribution in [0.4, 0.5) is 18.9 Å². The van der Waals surface area contributed by atoms with Crippen molar-refractivity contribution in [3.63, 3.8) is 0 Å². The van der Waals surface area contributed by atoms with Gasteiger partial charge in [-0.2, -0.15) is 13.2 Å². The van der Waals surface area contributed by atoms with Crippen molar-refractivity contribution in [2.45, 2.75) is 25.1 Å². The van der Waals surface area contributed by atoms with Crippen molar-refractivity contribution < 1.29 is 18.0 Å². The first-order valence-corrected chi connectivity index (χ1v) is 8.11. The van der Waals surface area contributed by atoms with E-state index in [1.54, 1.807) is 6.07 Å².